The molecule has 0 unspecified atom stereocenters. The topological polar surface area (TPSA) is 92.2 Å². The molecule has 0 radical (unpaired) electrons. The number of carbonyl (C=O) groups is 2. The lowest BCUT2D eigenvalue weighted by Crippen LogP contribution is -2.30. The second-order valence-electron chi connectivity index (χ2n) is 40.8. The molecule has 2 amide bonds. The predicted molar refractivity (Wildman–Crippen MR) is 562 cm³/mol. The summed E-state index contributed by atoms with van der Waals surface area (Å²) in [4.78, 5) is 40.2. The number of nitrogens with zero attached hydrogens (tertiary/aromatic N) is 6. The van der Waals surface area contributed by atoms with Crippen LogP contribution in [-0.4, -0.2) is 52.2 Å². The Kier molecular flexibility index (Phi) is 47.3. The lowest BCUT2D eigenvalue weighted by Gasteiger charge is -2.35. The number of benzene rings is 3. The van der Waals surface area contributed by atoms with E-state index >= 15 is 9.59 Å². The molecule has 0 saturated carbocycles. The van der Waals surface area contributed by atoms with E-state index in [-0.39, 0.29) is 22.6 Å². The van der Waals surface area contributed by atoms with Crippen molar-refractivity contribution in [3.8, 4) is 32.7 Å². The van der Waals surface area contributed by atoms with Crippen molar-refractivity contribution in [3.63, 3.8) is 0 Å². The summed E-state index contributed by atoms with van der Waals surface area (Å²) in [6.45, 7) is 19.6. The van der Waals surface area contributed by atoms with E-state index in [0.29, 0.717) is 24.2 Å². The third kappa shape index (κ3) is 29.1. The minimum absolute atomic E-state index is 0.00357. The summed E-state index contributed by atoms with van der Waals surface area (Å²) in [6.07, 6.45) is 94.0. The Balaban J connectivity index is 0.994. The van der Waals surface area contributed by atoms with Crippen LogP contribution in [0.5, 0.6) is 0 Å². The van der Waals surface area contributed by atoms with Gasteiger partial charge in [0.25, 0.3) is 11.8 Å². The molecule has 0 spiro atoms. The predicted octanol–water partition coefficient (Wildman–Crippen LogP) is 38.6. The van der Waals surface area contributed by atoms with Crippen molar-refractivity contribution in [3.05, 3.63) is 102 Å². The molecule has 4 aliphatic rings. The Morgan fingerprint density at radius 2 is 0.508 bits per heavy atom. The van der Waals surface area contributed by atoms with Gasteiger partial charge in [-0.15, -0.1) is 22.7 Å². The molecule has 4 aromatic heterocycles. The molecule has 11 rings (SSSR count). The first-order valence-corrected chi connectivity index (χ1v) is 58.3. The van der Waals surface area contributed by atoms with Crippen LogP contribution >= 0.6 is 46.1 Å². The third-order valence-electron chi connectivity index (χ3n) is 30.6. The molecule has 2 aliphatic heterocycles. The Morgan fingerprint density at radius 3 is 0.820 bits per heavy atom. The zero-order chi connectivity index (χ0) is 89.7. The van der Waals surface area contributed by atoms with Crippen molar-refractivity contribution in [1.29, 1.82) is 0 Å². The zero-order valence-electron chi connectivity index (χ0n) is 83.1. The fourth-order valence-electron chi connectivity index (χ4n) is 23.0. The van der Waals surface area contributed by atoms with Crippen molar-refractivity contribution >= 4 is 91.4 Å². The molecule has 2 aliphatic carbocycles. The molecule has 8 nitrogen and oxygen atoms in total. The maximum Gasteiger partial charge on any atom is 0.261 e. The zero-order valence-corrected chi connectivity index (χ0v) is 86.3. The standard InChI is InChI=1S/C116H180N6O2S4/c1-9-15-21-27-33-37-41-45-49-53-57-61-65-71-81-115(82-72-66-62-58-54-50-46-42-38-34-28-22-16-10-2)96-89-94-97(88-93(96)103-98(115)87-91(7)107-109(103)119-127-117-107)116(83-73-67-63-59-55-51-47-43-39-35-29-23-17-11-3,84-74-68-64-60-56-52-48-44-40-36-30-24-18-12-4)99-90-95(108-110(104(94)99)120-128-118-108)100-79-80-102(126-100)112-106-105(113(123)122(112)86-76-70-32-26-20-14-6)111(101-78-77-92(8)125-101)121(114(106)124)85-75-69-31-25-19-13-5/h77-80,87-90H,9-76,81-86H2,1-8H3. The van der Waals surface area contributed by atoms with Crippen molar-refractivity contribution < 1.29 is 9.59 Å². The van der Waals surface area contributed by atoms with E-state index in [0.717, 1.165) is 118 Å². The van der Waals surface area contributed by atoms with Gasteiger partial charge in [-0.05, 0) is 134 Å². The third-order valence-corrected chi connectivity index (χ3v) is 33.8. The van der Waals surface area contributed by atoms with Gasteiger partial charge in [-0.1, -0.05) is 471 Å². The minimum atomic E-state index is -0.276. The highest BCUT2D eigenvalue weighted by atomic mass is 32.1. The number of hydrogen-bond donors (Lipinski definition) is 0. The number of fused-ring (bicyclic) bond motifs is 11. The number of aromatic nitrogens is 4. The highest BCUT2D eigenvalue weighted by Crippen LogP contribution is 2.64. The van der Waals surface area contributed by atoms with Crippen molar-refractivity contribution in [2.75, 3.05) is 13.1 Å². The number of rotatable bonds is 77. The molecule has 12 heteroatoms. The highest BCUT2D eigenvalue weighted by molar-refractivity contribution is 7.16. The van der Waals surface area contributed by atoms with Crippen LogP contribution in [0.2, 0.25) is 0 Å². The summed E-state index contributed by atoms with van der Waals surface area (Å²) in [5, 5.41) is 0. The average Bonchev–Trinajstić information content (AvgIpc) is 1.51. The fourth-order valence-corrected chi connectivity index (χ4v) is 26.2. The molecule has 128 heavy (non-hydrogen) atoms. The van der Waals surface area contributed by atoms with Gasteiger partial charge in [0.1, 0.15) is 22.1 Å². The Hall–Kier alpha value is -4.88. The van der Waals surface area contributed by atoms with E-state index in [1.807, 2.05) is 4.90 Å². The monoisotopic (exact) mass is 1820 g/mol. The van der Waals surface area contributed by atoms with Crippen LogP contribution < -0.4 is 0 Å². The van der Waals surface area contributed by atoms with E-state index in [1.165, 1.54) is 465 Å². The summed E-state index contributed by atoms with van der Waals surface area (Å²) >= 11 is 6.32. The van der Waals surface area contributed by atoms with E-state index in [2.05, 4.69) is 109 Å². The maximum absolute atomic E-state index is 15.9. The van der Waals surface area contributed by atoms with Gasteiger partial charge >= 0.3 is 0 Å². The van der Waals surface area contributed by atoms with Gasteiger partial charge < -0.3 is 9.80 Å². The molecular weight excluding hydrogens is 1640 g/mol. The van der Waals surface area contributed by atoms with Crippen molar-refractivity contribution in [1.82, 2.24) is 27.3 Å². The van der Waals surface area contributed by atoms with Gasteiger partial charge in [-0.3, -0.25) is 9.59 Å². The summed E-state index contributed by atoms with van der Waals surface area (Å²) in [7, 11) is 0. The second-order valence-corrected chi connectivity index (χ2v) is 44.3. The minimum Gasteiger partial charge on any atom is -0.306 e. The van der Waals surface area contributed by atoms with Crippen LogP contribution in [0.25, 0.3) is 66.2 Å². The van der Waals surface area contributed by atoms with Gasteiger partial charge in [0.2, 0.25) is 0 Å². The molecule has 3 aromatic carbocycles. The Labute approximate surface area is 798 Å². The molecule has 7 aromatic rings. The normalized spacial score (nSPS) is 14.4. The van der Waals surface area contributed by atoms with Crippen LogP contribution in [0.4, 0.5) is 0 Å². The second kappa shape index (κ2) is 58.4. The number of aryl methyl sites for hydroxylation is 2. The van der Waals surface area contributed by atoms with Gasteiger partial charge in [0.15, 0.2) is 0 Å². The fraction of sp³-hybridized carbons (Fsp3) is 0.724. The highest BCUT2D eigenvalue weighted by Gasteiger charge is 2.52. The molecule has 0 fully saturated rings. The summed E-state index contributed by atoms with van der Waals surface area (Å²) < 4.78 is 21.8. The van der Waals surface area contributed by atoms with Crippen LogP contribution in [0, 0.1) is 13.8 Å². The summed E-state index contributed by atoms with van der Waals surface area (Å²) in [5.74, 6) is -0.00714. The molecule has 0 bridgehead atoms. The van der Waals surface area contributed by atoms with Crippen molar-refractivity contribution in [2.45, 2.75) is 529 Å². The smallest absolute Gasteiger partial charge is 0.261 e. The SMILES string of the molecule is CCCCCCCCCCCCCCCCC1(CCCCCCCCCCCCCCCC)c2cc3c(cc2-c2c1cc(C)c1nsnc21)C(CCCCCCCCCCCCCCCC)(CCCCCCCCCCCCCCCC)c1cc(-c2ccc(C4=C5C(=O)N(CCCCCCCC)C(c6ccc(C)s6)=C5C(=O)N4CCCCCCCC)s2)c2nsnc2c1-3. The van der Waals surface area contributed by atoms with Gasteiger partial charge in [-0.25, -0.2) is 0 Å². The number of hydrogen-bond acceptors (Lipinski definition) is 10. The summed E-state index contributed by atoms with van der Waals surface area (Å²) in [6, 6.07) is 20.0. The molecule has 0 saturated heterocycles. The van der Waals surface area contributed by atoms with E-state index in [1.54, 1.807) is 33.8 Å². The van der Waals surface area contributed by atoms with E-state index in [9.17, 15) is 0 Å². The number of carbonyl (C=O) groups excluding carboxylic acids is 2. The van der Waals surface area contributed by atoms with Gasteiger partial charge in [-0.2, -0.15) is 17.5 Å². The maximum atomic E-state index is 15.9. The Bertz CT molecular complexity index is 4340. The average molecular weight is 1820 g/mol. The van der Waals surface area contributed by atoms with Crippen LogP contribution in [0.3, 0.4) is 0 Å². The number of amides is 2. The van der Waals surface area contributed by atoms with Crippen molar-refractivity contribution in [2.24, 2.45) is 0 Å². The van der Waals surface area contributed by atoms with E-state index < -0.39 is 0 Å². The lowest BCUT2D eigenvalue weighted by molar-refractivity contribution is -0.124. The van der Waals surface area contributed by atoms with E-state index in [4.69, 9.17) is 17.5 Å². The van der Waals surface area contributed by atoms with Crippen LogP contribution in [0.15, 0.2) is 59.7 Å². The number of thiophene rings is 2. The van der Waals surface area contributed by atoms with Crippen LogP contribution in [-0.2, 0) is 20.4 Å². The quantitative estimate of drug-likeness (QED) is 0.0353. The number of unbranched alkanes of at least 4 members (excludes halogenated alkanes) is 62. The molecule has 0 atom stereocenters. The molecular formula is C116H180N6O2S4. The summed E-state index contributed by atoms with van der Waals surface area (Å²) in [5.41, 5.74) is 20.9. The van der Waals surface area contributed by atoms with Gasteiger partial charge in [0.05, 0.1) is 55.8 Å². The lowest BCUT2D eigenvalue weighted by atomic mass is 9.68. The molecule has 6 heterocycles. The Morgan fingerprint density at radius 1 is 0.258 bits per heavy atom. The largest absolute Gasteiger partial charge is 0.306 e. The van der Waals surface area contributed by atoms with Gasteiger partial charge in [0, 0.05) is 50.4 Å². The molecule has 710 valence electrons. The first-order valence-electron chi connectivity index (χ1n) is 55.2. The first kappa shape index (κ1) is 104. The first-order chi connectivity index (χ1) is 63.1. The van der Waals surface area contributed by atoms with Crippen LogP contribution in [0.1, 0.15) is 546 Å². The molecule has 0 N–H and O–H groups in total.